The summed E-state index contributed by atoms with van der Waals surface area (Å²) in [7, 11) is 0. The van der Waals surface area contributed by atoms with Crippen LogP contribution in [0.4, 0.5) is 0 Å². The minimum Gasteiger partial charge on any atom is -0.521 e. The summed E-state index contributed by atoms with van der Waals surface area (Å²) in [5.74, 6) is 0. The van der Waals surface area contributed by atoms with Gasteiger partial charge in [0.15, 0.2) is 6.29 Å². The Hall–Kier alpha value is 0.944. The van der Waals surface area contributed by atoms with E-state index in [0.29, 0.717) is 26.4 Å². The summed E-state index contributed by atoms with van der Waals surface area (Å²) in [6.45, 7) is 6.71. The molecule has 0 amide bonds. The number of rotatable bonds is 2. The van der Waals surface area contributed by atoms with E-state index in [9.17, 15) is 0 Å². The Morgan fingerprint density at radius 2 is 1.62 bits per heavy atom. The Balaban J connectivity index is 0.00000128. The van der Waals surface area contributed by atoms with Crippen molar-refractivity contribution in [2.45, 2.75) is 33.0 Å². The summed E-state index contributed by atoms with van der Waals surface area (Å²) < 4.78 is 22.2. The van der Waals surface area contributed by atoms with Gasteiger partial charge < -0.3 is 18.9 Å². The maximum Gasteiger partial charge on any atom is 0.157 e. The van der Waals surface area contributed by atoms with Gasteiger partial charge in [-0.2, -0.15) is 0 Å². The Morgan fingerprint density at radius 3 is 2.06 bits per heavy atom. The van der Waals surface area contributed by atoms with Crippen molar-refractivity contribution >= 4 is 0 Å². The van der Waals surface area contributed by atoms with E-state index in [4.69, 9.17) is 18.9 Å². The van der Waals surface area contributed by atoms with Crippen LogP contribution in [-0.2, 0) is 51.7 Å². The fourth-order valence-corrected chi connectivity index (χ4v) is 1.79. The third kappa shape index (κ3) is 3.47. The summed E-state index contributed by atoms with van der Waals surface area (Å²) in [4.78, 5) is 0. The van der Waals surface area contributed by atoms with Crippen LogP contribution in [0.1, 0.15) is 26.7 Å². The predicted octanol–water partition coefficient (Wildman–Crippen LogP) is 1.70. The third-order valence-electron chi connectivity index (χ3n) is 2.85. The van der Waals surface area contributed by atoms with E-state index in [0.717, 1.165) is 19.1 Å². The monoisotopic (exact) mass is 304 g/mol. The molecule has 0 aromatic heterocycles. The molecule has 0 atom stereocenters. The first-order valence-electron chi connectivity index (χ1n) is 5.62. The average molecular weight is 304 g/mol. The van der Waals surface area contributed by atoms with Crippen LogP contribution >= 0.6 is 0 Å². The number of ether oxygens (including phenoxy) is 4. The van der Waals surface area contributed by atoms with Gasteiger partial charge in [0.2, 0.25) is 0 Å². The molecule has 16 heavy (non-hydrogen) atoms. The van der Waals surface area contributed by atoms with Gasteiger partial charge in [-0.05, 0) is 6.42 Å². The maximum absolute atomic E-state index is 5.60. The molecule has 2 aliphatic heterocycles. The summed E-state index contributed by atoms with van der Waals surface area (Å²) in [5, 5.41) is 0. The van der Waals surface area contributed by atoms with Gasteiger partial charge in [-0.15, -0.1) is 6.42 Å². The molecule has 2 heterocycles. The van der Waals surface area contributed by atoms with Crippen molar-refractivity contribution in [2.24, 2.45) is 5.41 Å². The first-order chi connectivity index (χ1) is 7.28. The molecule has 91 valence electrons. The van der Waals surface area contributed by atoms with Gasteiger partial charge in [-0.1, -0.05) is 20.1 Å². The van der Waals surface area contributed by atoms with Crippen molar-refractivity contribution in [1.29, 1.82) is 0 Å². The molecule has 0 bridgehead atoms. The van der Waals surface area contributed by atoms with Gasteiger partial charge in [0, 0.05) is 45.9 Å². The summed E-state index contributed by atoms with van der Waals surface area (Å²) in [6.07, 6.45) is 2.39. The van der Waals surface area contributed by atoms with Gasteiger partial charge in [0.1, 0.15) is 0 Å². The molecule has 4 nitrogen and oxygen atoms in total. The molecular weight excluding hydrogens is 285 g/mol. The van der Waals surface area contributed by atoms with E-state index in [-0.39, 0.29) is 44.4 Å². The second-order valence-corrected chi connectivity index (χ2v) is 4.26. The molecule has 0 aliphatic carbocycles. The molecule has 0 aromatic rings. The number of hydrogen-bond donors (Lipinski definition) is 0. The largest absolute Gasteiger partial charge is 0.521 e. The Labute approximate surface area is 122 Å². The molecule has 1 spiro atoms. The molecular formula is C11H19O4Y-. The van der Waals surface area contributed by atoms with E-state index in [1.165, 1.54) is 0 Å². The van der Waals surface area contributed by atoms with Crippen LogP contribution in [0.3, 0.4) is 0 Å². The zero-order valence-electron chi connectivity index (χ0n) is 10.0. The second kappa shape index (κ2) is 6.76. The van der Waals surface area contributed by atoms with Gasteiger partial charge in [-0.3, -0.25) is 0 Å². The predicted molar refractivity (Wildman–Crippen MR) is 53.9 cm³/mol. The number of hydrogen-bond acceptors (Lipinski definition) is 4. The van der Waals surface area contributed by atoms with E-state index >= 15 is 0 Å². The molecule has 2 fully saturated rings. The average Bonchev–Trinajstić information content (AvgIpc) is 2.31. The molecule has 2 saturated heterocycles. The van der Waals surface area contributed by atoms with Crippen molar-refractivity contribution in [1.82, 2.24) is 0 Å². The second-order valence-electron chi connectivity index (χ2n) is 4.26. The van der Waals surface area contributed by atoms with Crippen molar-refractivity contribution in [3.05, 3.63) is 6.29 Å². The molecule has 0 aromatic carbocycles. The molecule has 2 rings (SSSR count). The van der Waals surface area contributed by atoms with Crippen LogP contribution < -0.4 is 0 Å². The Morgan fingerprint density at radius 1 is 1.06 bits per heavy atom. The van der Waals surface area contributed by atoms with E-state index in [1.807, 2.05) is 6.92 Å². The SMILES string of the molecule is CC[C-]1OCC2(CO1)COC(CC)OC2.[Y]. The molecule has 1 radical (unpaired) electrons. The topological polar surface area (TPSA) is 36.9 Å². The Kier molecular flexibility index (Phi) is 6.34. The van der Waals surface area contributed by atoms with Crippen molar-refractivity contribution in [2.75, 3.05) is 26.4 Å². The quantitative estimate of drug-likeness (QED) is 0.728. The summed E-state index contributed by atoms with van der Waals surface area (Å²) in [5.41, 5.74) is -0.0929. The molecule has 2 aliphatic rings. The zero-order valence-corrected chi connectivity index (χ0v) is 12.9. The fourth-order valence-electron chi connectivity index (χ4n) is 1.79. The minimum atomic E-state index is -0.0929. The van der Waals surface area contributed by atoms with Gasteiger partial charge >= 0.3 is 0 Å². The molecule has 0 saturated carbocycles. The van der Waals surface area contributed by atoms with Gasteiger partial charge in [-0.25, -0.2) is 0 Å². The van der Waals surface area contributed by atoms with Crippen molar-refractivity contribution < 1.29 is 51.7 Å². The summed E-state index contributed by atoms with van der Waals surface area (Å²) >= 11 is 0. The van der Waals surface area contributed by atoms with Crippen LogP contribution in [0.5, 0.6) is 0 Å². The van der Waals surface area contributed by atoms with E-state index < -0.39 is 0 Å². The fraction of sp³-hybridized carbons (Fsp3) is 0.909. The Bertz CT molecular complexity index is 171. The van der Waals surface area contributed by atoms with Gasteiger partial charge in [0.25, 0.3) is 0 Å². The van der Waals surface area contributed by atoms with Crippen LogP contribution in [-0.4, -0.2) is 32.7 Å². The van der Waals surface area contributed by atoms with E-state index in [2.05, 4.69) is 6.92 Å². The third-order valence-corrected chi connectivity index (χ3v) is 2.85. The minimum absolute atomic E-state index is 0. The van der Waals surface area contributed by atoms with Crippen molar-refractivity contribution in [3.63, 3.8) is 0 Å². The van der Waals surface area contributed by atoms with Crippen molar-refractivity contribution in [3.8, 4) is 0 Å². The standard InChI is InChI=1S/C11H19O4.Y/c1-3-9-12-5-11(6-13-9)7-14-10(4-2)15-8-11;/h9H,3-8H2,1-2H3;/q-1;. The zero-order chi connectivity index (χ0) is 10.7. The molecule has 0 N–H and O–H groups in total. The smallest absolute Gasteiger partial charge is 0.157 e. The van der Waals surface area contributed by atoms with E-state index in [1.54, 1.807) is 0 Å². The van der Waals surface area contributed by atoms with Crippen LogP contribution in [0.15, 0.2) is 0 Å². The molecule has 0 unspecified atom stereocenters. The van der Waals surface area contributed by atoms with Gasteiger partial charge in [0.05, 0.1) is 18.6 Å². The maximum atomic E-state index is 5.60. The first kappa shape index (κ1) is 15.0. The summed E-state index contributed by atoms with van der Waals surface area (Å²) in [6, 6.07) is 0. The van der Waals surface area contributed by atoms with Crippen LogP contribution in [0.25, 0.3) is 0 Å². The van der Waals surface area contributed by atoms with Crippen LogP contribution in [0, 0.1) is 11.7 Å². The molecule has 5 heteroatoms. The normalized spacial score (nSPS) is 26.6. The van der Waals surface area contributed by atoms with Crippen LogP contribution in [0.2, 0.25) is 0 Å². The first-order valence-corrected chi connectivity index (χ1v) is 5.62.